The highest BCUT2D eigenvalue weighted by Crippen LogP contribution is 2.39. The molecule has 0 aromatic heterocycles. The molecule has 3 fully saturated rings. The molecular formula is C63H72O14. The number of methoxy groups -OCH3 is 1. The molecule has 3 heterocycles. The molecule has 6 aromatic carbocycles. The summed E-state index contributed by atoms with van der Waals surface area (Å²) in [6, 6.07) is 59.3. The lowest BCUT2D eigenvalue weighted by Gasteiger charge is -2.51. The standard InChI is InChI=1S/C63H72O14/c1-42-52(66-36-46-24-12-6-13-25-46)55(69-39-49-30-18-9-19-31-49)58(70-40-50-32-20-10-21-33-50)62(73-42)77-57-54(68-38-48-28-16-8-17-29-48)44(3)74-63(60(57)75-45(4)64)76-56-53(67-37-47-26-14-7-15-27-47)43(2)72-61(65-5)59(56)71-41-51-34-22-11-23-35-51/h6-35,42-44,52-63H,36-41H2,1-5H3/t42-,43-,44-,52-,53-,54-,55+,56+,57+,58+,59+,60+,61+,62-,63-/m0/s1. The van der Waals surface area contributed by atoms with Gasteiger partial charge in [0.25, 0.3) is 0 Å². The van der Waals surface area contributed by atoms with E-state index in [4.69, 9.17) is 61.6 Å². The van der Waals surface area contributed by atoms with Gasteiger partial charge >= 0.3 is 5.97 Å². The number of hydrogen-bond donors (Lipinski definition) is 0. The van der Waals surface area contributed by atoms with Gasteiger partial charge in [-0.1, -0.05) is 182 Å². The maximum atomic E-state index is 13.6. The van der Waals surface area contributed by atoms with Crippen molar-refractivity contribution in [3.05, 3.63) is 215 Å². The van der Waals surface area contributed by atoms with Crippen molar-refractivity contribution in [1.29, 1.82) is 0 Å². The van der Waals surface area contributed by atoms with Crippen LogP contribution < -0.4 is 0 Å². The SMILES string of the molecule is CO[C@@H]1O[C@@H](C)[C@H](OCc2ccccc2)[C@@H](O[C@@H]2O[C@@H](C)[C@H](OCc3ccccc3)[C@@H](O[C@@H]3O[C@@H](C)[C@H](OCc4ccccc4)[C@@H](OCc4ccccc4)[C@H]3OCc3ccccc3)[C@H]2OC(C)=O)[C@H]1OCc1ccccc1. The molecule has 15 atom stereocenters. The van der Waals surface area contributed by atoms with Crippen molar-refractivity contribution in [2.45, 2.75) is 159 Å². The summed E-state index contributed by atoms with van der Waals surface area (Å²) in [6.07, 6.45) is -13.2. The van der Waals surface area contributed by atoms with Gasteiger partial charge in [0.15, 0.2) is 25.0 Å². The largest absolute Gasteiger partial charge is 0.454 e. The van der Waals surface area contributed by atoms with Crippen molar-refractivity contribution in [1.82, 2.24) is 0 Å². The number of esters is 1. The Morgan fingerprint density at radius 2 is 0.584 bits per heavy atom. The zero-order valence-electron chi connectivity index (χ0n) is 44.4. The van der Waals surface area contributed by atoms with Crippen molar-refractivity contribution in [3.8, 4) is 0 Å². The minimum Gasteiger partial charge on any atom is -0.454 e. The van der Waals surface area contributed by atoms with Crippen LogP contribution >= 0.6 is 0 Å². The first kappa shape index (κ1) is 56.0. The third-order valence-corrected chi connectivity index (χ3v) is 14.0. The molecule has 0 aliphatic carbocycles. The molecule has 0 bridgehead atoms. The molecule has 0 spiro atoms. The number of carbonyl (C=O) groups is 1. The average Bonchev–Trinajstić information content (AvgIpc) is 3.46. The van der Waals surface area contributed by atoms with Crippen LogP contribution in [0.5, 0.6) is 0 Å². The van der Waals surface area contributed by atoms with Crippen LogP contribution in [0.3, 0.4) is 0 Å². The van der Waals surface area contributed by atoms with E-state index in [2.05, 4.69) is 0 Å². The van der Waals surface area contributed by atoms with Gasteiger partial charge in [0.1, 0.15) is 48.8 Å². The summed E-state index contributed by atoms with van der Waals surface area (Å²) in [6.45, 7) is 8.43. The van der Waals surface area contributed by atoms with Crippen LogP contribution in [0.2, 0.25) is 0 Å². The van der Waals surface area contributed by atoms with Gasteiger partial charge < -0.3 is 61.6 Å². The summed E-state index contributed by atoms with van der Waals surface area (Å²) in [7, 11) is 1.56. The molecule has 6 aromatic rings. The first-order chi connectivity index (χ1) is 37.7. The zero-order chi connectivity index (χ0) is 53.3. The highest BCUT2D eigenvalue weighted by atomic mass is 16.8. The molecule has 0 unspecified atom stereocenters. The van der Waals surface area contributed by atoms with Gasteiger partial charge in [0.2, 0.25) is 0 Å². The monoisotopic (exact) mass is 1050 g/mol. The lowest BCUT2D eigenvalue weighted by Crippen LogP contribution is -2.67. The van der Waals surface area contributed by atoms with E-state index in [1.165, 1.54) is 6.92 Å². The fourth-order valence-corrected chi connectivity index (χ4v) is 10.1. The Labute approximate surface area is 452 Å². The van der Waals surface area contributed by atoms with Gasteiger partial charge in [-0.05, 0) is 54.2 Å². The average molecular weight is 1050 g/mol. The molecule has 0 amide bonds. The zero-order valence-corrected chi connectivity index (χ0v) is 44.4. The molecule has 408 valence electrons. The topological polar surface area (TPSA) is 137 Å². The van der Waals surface area contributed by atoms with Gasteiger partial charge in [0, 0.05) is 14.0 Å². The summed E-state index contributed by atoms with van der Waals surface area (Å²) in [5.41, 5.74) is 5.67. The predicted molar refractivity (Wildman–Crippen MR) is 285 cm³/mol. The van der Waals surface area contributed by atoms with Crippen LogP contribution in [-0.2, 0) is 106 Å². The van der Waals surface area contributed by atoms with Gasteiger partial charge in [-0.15, -0.1) is 0 Å². The molecule has 3 aliphatic rings. The minimum atomic E-state index is -1.29. The van der Waals surface area contributed by atoms with Crippen LogP contribution in [0.25, 0.3) is 0 Å². The molecule has 14 nitrogen and oxygen atoms in total. The number of benzene rings is 6. The lowest BCUT2D eigenvalue weighted by molar-refractivity contribution is -0.386. The van der Waals surface area contributed by atoms with Crippen molar-refractivity contribution >= 4 is 5.97 Å². The van der Waals surface area contributed by atoms with Crippen LogP contribution in [0, 0.1) is 0 Å². The Bertz CT molecular complexity index is 2620. The first-order valence-corrected chi connectivity index (χ1v) is 26.6. The van der Waals surface area contributed by atoms with Gasteiger partial charge in [-0.25, -0.2) is 0 Å². The van der Waals surface area contributed by atoms with E-state index in [1.807, 2.05) is 203 Å². The molecule has 9 rings (SSSR count). The minimum absolute atomic E-state index is 0.184. The van der Waals surface area contributed by atoms with Crippen LogP contribution in [0.1, 0.15) is 61.1 Å². The van der Waals surface area contributed by atoms with Gasteiger partial charge in [0.05, 0.1) is 58.0 Å². The van der Waals surface area contributed by atoms with E-state index in [0.29, 0.717) is 6.61 Å². The summed E-state index contributed by atoms with van der Waals surface area (Å²) < 4.78 is 88.4. The highest BCUT2D eigenvalue weighted by Gasteiger charge is 2.56. The van der Waals surface area contributed by atoms with E-state index in [0.717, 1.165) is 33.4 Å². The van der Waals surface area contributed by atoms with Crippen molar-refractivity contribution < 1.29 is 66.4 Å². The van der Waals surface area contributed by atoms with Crippen molar-refractivity contribution in [2.75, 3.05) is 7.11 Å². The fourth-order valence-electron chi connectivity index (χ4n) is 10.1. The fraction of sp³-hybridized carbons (Fsp3) is 0.413. The molecular weight excluding hydrogens is 981 g/mol. The van der Waals surface area contributed by atoms with Crippen molar-refractivity contribution in [3.63, 3.8) is 0 Å². The molecule has 0 radical (unpaired) electrons. The summed E-state index contributed by atoms with van der Waals surface area (Å²) >= 11 is 0. The molecule has 77 heavy (non-hydrogen) atoms. The number of hydrogen-bond acceptors (Lipinski definition) is 14. The van der Waals surface area contributed by atoms with E-state index in [-0.39, 0.29) is 33.0 Å². The maximum Gasteiger partial charge on any atom is 0.303 e. The Morgan fingerprint density at radius 1 is 0.338 bits per heavy atom. The predicted octanol–water partition coefficient (Wildman–Crippen LogP) is 10.1. The van der Waals surface area contributed by atoms with Gasteiger partial charge in [-0.2, -0.15) is 0 Å². The van der Waals surface area contributed by atoms with E-state index in [9.17, 15) is 4.79 Å². The van der Waals surface area contributed by atoms with E-state index >= 15 is 0 Å². The van der Waals surface area contributed by atoms with Crippen LogP contribution in [-0.4, -0.2) is 105 Å². The molecule has 3 saturated heterocycles. The second kappa shape index (κ2) is 28.3. The molecule has 0 N–H and O–H groups in total. The van der Waals surface area contributed by atoms with E-state index < -0.39 is 98.1 Å². The third kappa shape index (κ3) is 15.3. The first-order valence-electron chi connectivity index (χ1n) is 26.6. The second-order valence-electron chi connectivity index (χ2n) is 19.7. The third-order valence-electron chi connectivity index (χ3n) is 14.0. The summed E-state index contributed by atoms with van der Waals surface area (Å²) in [4.78, 5) is 13.6. The number of rotatable bonds is 24. The van der Waals surface area contributed by atoms with Crippen LogP contribution in [0.4, 0.5) is 0 Å². The Kier molecular flexibility index (Phi) is 20.6. The lowest BCUT2D eigenvalue weighted by atomic mass is 9.95. The van der Waals surface area contributed by atoms with E-state index in [1.54, 1.807) is 7.11 Å². The Morgan fingerprint density at radius 3 is 0.896 bits per heavy atom. The van der Waals surface area contributed by atoms with Gasteiger partial charge in [-0.3, -0.25) is 4.79 Å². The summed E-state index contributed by atoms with van der Waals surface area (Å²) in [5, 5.41) is 0. The van der Waals surface area contributed by atoms with Crippen molar-refractivity contribution in [2.24, 2.45) is 0 Å². The Hall–Kier alpha value is -5.69. The quantitative estimate of drug-likeness (QED) is 0.0532. The molecule has 3 aliphatic heterocycles. The summed E-state index contributed by atoms with van der Waals surface area (Å²) in [5.74, 6) is -0.603. The number of ether oxygens (including phenoxy) is 13. The Balaban J connectivity index is 1.09. The van der Waals surface area contributed by atoms with Crippen LogP contribution in [0.15, 0.2) is 182 Å². The second-order valence-corrected chi connectivity index (χ2v) is 19.7. The number of carbonyl (C=O) groups excluding carboxylic acids is 1. The maximum absolute atomic E-state index is 13.6. The highest BCUT2D eigenvalue weighted by molar-refractivity contribution is 5.66. The normalized spacial score (nSPS) is 29.4. The smallest absolute Gasteiger partial charge is 0.303 e. The molecule has 14 heteroatoms. The molecule has 0 saturated carbocycles.